The molecule has 2 heterocycles. The highest BCUT2D eigenvalue weighted by molar-refractivity contribution is 5.61. The second-order valence-electron chi connectivity index (χ2n) is 6.21. The molecule has 0 radical (unpaired) electrons. The smallest absolute Gasteiger partial charge is 0.203 e. The maximum atomic E-state index is 4.34. The standard InChI is InChI=1S/C13H19N5/c1-12(2)9(13(12,3)4)7-15-10-11-17-16-8-18(11)6-5-14-10/h5-6,8-9H,7H2,1-4H3,(H,14,15). The second kappa shape index (κ2) is 3.43. The molecule has 2 aromatic rings. The van der Waals surface area contributed by atoms with Crippen LogP contribution in [0.1, 0.15) is 27.7 Å². The highest BCUT2D eigenvalue weighted by atomic mass is 15.2. The first-order chi connectivity index (χ1) is 8.44. The average Bonchev–Trinajstić information content (AvgIpc) is 2.71. The highest BCUT2D eigenvalue weighted by Crippen LogP contribution is 2.68. The van der Waals surface area contributed by atoms with Gasteiger partial charge in [-0.3, -0.25) is 4.40 Å². The summed E-state index contributed by atoms with van der Waals surface area (Å²) >= 11 is 0. The van der Waals surface area contributed by atoms with Crippen LogP contribution in [0.4, 0.5) is 5.82 Å². The Morgan fingerprint density at radius 3 is 2.67 bits per heavy atom. The van der Waals surface area contributed by atoms with Crippen LogP contribution in [-0.2, 0) is 0 Å². The van der Waals surface area contributed by atoms with E-state index < -0.39 is 0 Å². The van der Waals surface area contributed by atoms with E-state index in [1.54, 1.807) is 12.5 Å². The number of rotatable bonds is 3. The molecule has 0 amide bonds. The van der Waals surface area contributed by atoms with E-state index in [0.29, 0.717) is 16.7 Å². The summed E-state index contributed by atoms with van der Waals surface area (Å²) in [5, 5.41) is 11.4. The molecule has 18 heavy (non-hydrogen) atoms. The molecule has 5 heteroatoms. The molecule has 0 bridgehead atoms. The van der Waals surface area contributed by atoms with Gasteiger partial charge in [0.05, 0.1) is 0 Å². The van der Waals surface area contributed by atoms with Crippen molar-refractivity contribution in [3.8, 4) is 0 Å². The Kier molecular flexibility index (Phi) is 2.18. The number of fused-ring (bicyclic) bond motifs is 1. The summed E-state index contributed by atoms with van der Waals surface area (Å²) in [5.41, 5.74) is 1.56. The first-order valence-corrected chi connectivity index (χ1v) is 6.33. The van der Waals surface area contributed by atoms with Crippen molar-refractivity contribution in [1.82, 2.24) is 19.6 Å². The Morgan fingerprint density at radius 1 is 1.28 bits per heavy atom. The van der Waals surface area contributed by atoms with Crippen molar-refractivity contribution < 1.29 is 0 Å². The van der Waals surface area contributed by atoms with Crippen LogP contribution in [0.15, 0.2) is 18.7 Å². The van der Waals surface area contributed by atoms with E-state index in [0.717, 1.165) is 18.0 Å². The molecule has 1 aliphatic carbocycles. The molecular weight excluding hydrogens is 226 g/mol. The van der Waals surface area contributed by atoms with Crippen LogP contribution in [0.3, 0.4) is 0 Å². The lowest BCUT2D eigenvalue weighted by Gasteiger charge is -2.07. The van der Waals surface area contributed by atoms with E-state index in [9.17, 15) is 0 Å². The van der Waals surface area contributed by atoms with Gasteiger partial charge in [0.25, 0.3) is 0 Å². The SMILES string of the molecule is CC1(C)C(CNc2nccn3cnnc23)C1(C)C. The van der Waals surface area contributed by atoms with E-state index in [1.165, 1.54) is 0 Å². The molecule has 5 nitrogen and oxygen atoms in total. The van der Waals surface area contributed by atoms with Crippen molar-refractivity contribution in [3.63, 3.8) is 0 Å². The summed E-state index contributed by atoms with van der Waals surface area (Å²) in [6, 6.07) is 0. The van der Waals surface area contributed by atoms with Gasteiger partial charge in [-0.15, -0.1) is 10.2 Å². The van der Waals surface area contributed by atoms with Gasteiger partial charge in [0.15, 0.2) is 5.82 Å². The average molecular weight is 245 g/mol. The van der Waals surface area contributed by atoms with Crippen LogP contribution < -0.4 is 5.32 Å². The lowest BCUT2D eigenvalue weighted by atomic mass is 10.0. The molecule has 0 aromatic carbocycles. The van der Waals surface area contributed by atoms with Crippen LogP contribution in [0, 0.1) is 16.7 Å². The van der Waals surface area contributed by atoms with Gasteiger partial charge in [0.2, 0.25) is 5.65 Å². The summed E-state index contributed by atoms with van der Waals surface area (Å²) in [7, 11) is 0. The van der Waals surface area contributed by atoms with Gasteiger partial charge in [-0.05, 0) is 16.7 Å². The largest absolute Gasteiger partial charge is 0.367 e. The normalized spacial score (nSPS) is 21.1. The predicted molar refractivity (Wildman–Crippen MR) is 70.3 cm³/mol. The maximum Gasteiger partial charge on any atom is 0.203 e. The molecule has 1 N–H and O–H groups in total. The molecule has 3 rings (SSSR count). The fourth-order valence-electron chi connectivity index (χ4n) is 2.93. The van der Waals surface area contributed by atoms with Crippen LogP contribution in [0.25, 0.3) is 5.65 Å². The zero-order valence-corrected chi connectivity index (χ0v) is 11.3. The third-order valence-electron chi connectivity index (χ3n) is 5.01. The first-order valence-electron chi connectivity index (χ1n) is 6.33. The molecule has 2 aromatic heterocycles. The Morgan fingerprint density at radius 2 is 2.00 bits per heavy atom. The van der Waals surface area contributed by atoms with Crippen molar-refractivity contribution in [2.24, 2.45) is 16.7 Å². The Balaban J connectivity index is 1.77. The summed E-state index contributed by atoms with van der Waals surface area (Å²) < 4.78 is 1.87. The molecule has 0 spiro atoms. The van der Waals surface area contributed by atoms with Crippen LogP contribution >= 0.6 is 0 Å². The van der Waals surface area contributed by atoms with Crippen molar-refractivity contribution in [2.45, 2.75) is 27.7 Å². The summed E-state index contributed by atoms with van der Waals surface area (Å²) in [6.45, 7) is 10.2. The minimum atomic E-state index is 0.388. The zero-order chi connectivity index (χ0) is 13.0. The molecule has 0 atom stereocenters. The number of nitrogens with one attached hydrogen (secondary N) is 1. The van der Waals surface area contributed by atoms with E-state index in [2.05, 4.69) is 48.2 Å². The maximum absolute atomic E-state index is 4.34. The lowest BCUT2D eigenvalue weighted by molar-refractivity contribution is 0.457. The van der Waals surface area contributed by atoms with Gasteiger partial charge in [0.1, 0.15) is 6.33 Å². The highest BCUT2D eigenvalue weighted by Gasteiger charge is 2.64. The van der Waals surface area contributed by atoms with Crippen molar-refractivity contribution >= 4 is 11.5 Å². The van der Waals surface area contributed by atoms with Crippen LogP contribution in [0.2, 0.25) is 0 Å². The number of aromatic nitrogens is 4. The summed E-state index contributed by atoms with van der Waals surface area (Å²) in [6.07, 6.45) is 5.31. The molecule has 0 aliphatic heterocycles. The Labute approximate surface area is 107 Å². The Hall–Kier alpha value is -1.65. The number of hydrogen-bond acceptors (Lipinski definition) is 4. The van der Waals surface area contributed by atoms with Gasteiger partial charge < -0.3 is 5.32 Å². The first kappa shape index (κ1) is 11.4. The van der Waals surface area contributed by atoms with E-state index in [-0.39, 0.29) is 0 Å². The number of hydrogen-bond donors (Lipinski definition) is 1. The van der Waals surface area contributed by atoms with Crippen molar-refractivity contribution in [2.75, 3.05) is 11.9 Å². The van der Waals surface area contributed by atoms with Gasteiger partial charge in [-0.1, -0.05) is 27.7 Å². The van der Waals surface area contributed by atoms with Crippen LogP contribution in [0.5, 0.6) is 0 Å². The topological polar surface area (TPSA) is 55.1 Å². The number of nitrogens with zero attached hydrogens (tertiary/aromatic N) is 4. The van der Waals surface area contributed by atoms with Gasteiger partial charge >= 0.3 is 0 Å². The Bertz CT molecular complexity index is 570. The van der Waals surface area contributed by atoms with Crippen molar-refractivity contribution in [3.05, 3.63) is 18.7 Å². The monoisotopic (exact) mass is 245 g/mol. The predicted octanol–water partition coefficient (Wildman–Crippen LogP) is 2.22. The van der Waals surface area contributed by atoms with E-state index in [1.807, 2.05) is 10.6 Å². The zero-order valence-electron chi connectivity index (χ0n) is 11.3. The minimum absolute atomic E-state index is 0.388. The molecule has 1 aliphatic rings. The van der Waals surface area contributed by atoms with Gasteiger partial charge in [-0.2, -0.15) is 0 Å². The van der Waals surface area contributed by atoms with Crippen LogP contribution in [-0.4, -0.2) is 26.1 Å². The third kappa shape index (κ3) is 1.43. The fraction of sp³-hybridized carbons (Fsp3) is 0.615. The quantitative estimate of drug-likeness (QED) is 0.900. The van der Waals surface area contributed by atoms with E-state index in [4.69, 9.17) is 0 Å². The molecule has 96 valence electrons. The summed E-state index contributed by atoms with van der Waals surface area (Å²) in [5.74, 6) is 1.48. The molecule has 1 saturated carbocycles. The minimum Gasteiger partial charge on any atom is -0.367 e. The van der Waals surface area contributed by atoms with Crippen molar-refractivity contribution in [1.29, 1.82) is 0 Å². The molecular formula is C13H19N5. The van der Waals surface area contributed by atoms with Gasteiger partial charge in [-0.25, -0.2) is 4.98 Å². The molecule has 0 unspecified atom stereocenters. The van der Waals surface area contributed by atoms with E-state index >= 15 is 0 Å². The molecule has 1 fully saturated rings. The lowest BCUT2D eigenvalue weighted by Crippen LogP contribution is -2.10. The number of anilines is 1. The second-order valence-corrected chi connectivity index (χ2v) is 6.21. The summed E-state index contributed by atoms with van der Waals surface area (Å²) in [4.78, 5) is 4.34. The van der Waals surface area contributed by atoms with Gasteiger partial charge in [0, 0.05) is 18.9 Å². The molecule has 0 saturated heterocycles. The fourth-order valence-corrected chi connectivity index (χ4v) is 2.93. The third-order valence-corrected chi connectivity index (χ3v) is 5.01.